The highest BCUT2D eigenvalue weighted by Gasteiger charge is 2.19. The minimum atomic E-state index is 0.198. The highest BCUT2D eigenvalue weighted by molar-refractivity contribution is 5.31. The number of rotatable bonds is 8. The van der Waals surface area contributed by atoms with E-state index in [1.54, 1.807) is 7.11 Å². The zero-order valence-corrected chi connectivity index (χ0v) is 12.6. The summed E-state index contributed by atoms with van der Waals surface area (Å²) in [5.74, 6) is 0. The summed E-state index contributed by atoms with van der Waals surface area (Å²) in [6.07, 6.45) is 1.23. The zero-order chi connectivity index (χ0) is 14.2. The van der Waals surface area contributed by atoms with E-state index in [0.29, 0.717) is 0 Å². The second-order valence-corrected chi connectivity index (χ2v) is 5.31. The van der Waals surface area contributed by atoms with Gasteiger partial charge in [0.15, 0.2) is 0 Å². The van der Waals surface area contributed by atoms with Crippen molar-refractivity contribution in [2.45, 2.75) is 12.5 Å². The summed E-state index contributed by atoms with van der Waals surface area (Å²) in [6, 6.07) is 8.60. The van der Waals surface area contributed by atoms with E-state index in [0.717, 1.165) is 45.8 Å². The third-order valence-corrected chi connectivity index (χ3v) is 3.77. The molecule has 0 aromatic heterocycles. The molecule has 0 bridgehead atoms. The van der Waals surface area contributed by atoms with Gasteiger partial charge in [0.1, 0.15) is 0 Å². The van der Waals surface area contributed by atoms with Crippen LogP contribution in [-0.4, -0.2) is 58.5 Å². The van der Waals surface area contributed by atoms with Gasteiger partial charge in [-0.2, -0.15) is 0 Å². The Morgan fingerprint density at radius 1 is 1.35 bits per heavy atom. The van der Waals surface area contributed by atoms with E-state index in [9.17, 15) is 0 Å². The number of hydrogen-bond acceptors (Lipinski definition) is 4. The van der Waals surface area contributed by atoms with Gasteiger partial charge in [-0.3, -0.25) is 0 Å². The van der Waals surface area contributed by atoms with E-state index in [4.69, 9.17) is 9.47 Å². The maximum absolute atomic E-state index is 5.88. The number of likely N-dealkylation sites (N-methyl/N-ethyl adjacent to an activating group) is 1. The van der Waals surface area contributed by atoms with Crippen LogP contribution in [0.5, 0.6) is 0 Å². The molecule has 20 heavy (non-hydrogen) atoms. The van der Waals surface area contributed by atoms with E-state index in [-0.39, 0.29) is 6.10 Å². The van der Waals surface area contributed by atoms with Crippen LogP contribution in [-0.2, 0) is 15.9 Å². The topological polar surface area (TPSA) is 33.7 Å². The summed E-state index contributed by atoms with van der Waals surface area (Å²) >= 11 is 0. The molecule has 0 spiro atoms. The molecule has 4 heteroatoms. The molecule has 1 unspecified atom stereocenters. The lowest BCUT2D eigenvalue weighted by Crippen LogP contribution is -2.34. The Hall–Kier alpha value is -0.940. The van der Waals surface area contributed by atoms with Gasteiger partial charge in [0.25, 0.3) is 0 Å². The first-order chi connectivity index (χ1) is 9.81. The molecule has 1 aliphatic rings. The molecule has 0 saturated heterocycles. The first kappa shape index (κ1) is 15.4. The number of nitrogens with zero attached hydrogens (tertiary/aromatic N) is 1. The number of hydrogen-bond donors (Lipinski definition) is 1. The average Bonchev–Trinajstić information content (AvgIpc) is 2.49. The van der Waals surface area contributed by atoms with Gasteiger partial charge >= 0.3 is 0 Å². The summed E-state index contributed by atoms with van der Waals surface area (Å²) in [6.45, 7) is 5.47. The number of ether oxygens (including phenoxy) is 2. The van der Waals surface area contributed by atoms with Crippen molar-refractivity contribution in [3.63, 3.8) is 0 Å². The van der Waals surface area contributed by atoms with Crippen molar-refractivity contribution in [2.24, 2.45) is 0 Å². The molecule has 112 valence electrons. The van der Waals surface area contributed by atoms with Crippen LogP contribution in [0.4, 0.5) is 0 Å². The number of methoxy groups -OCH3 is 1. The summed E-state index contributed by atoms with van der Waals surface area (Å²) in [5.41, 5.74) is 2.78. The molecule has 0 fully saturated rings. The molecular formula is C16H26N2O2. The Kier molecular flexibility index (Phi) is 6.47. The smallest absolute Gasteiger partial charge is 0.0952 e. The van der Waals surface area contributed by atoms with Crippen molar-refractivity contribution in [2.75, 3.05) is 53.6 Å². The Labute approximate surface area is 122 Å². The molecule has 0 saturated carbocycles. The van der Waals surface area contributed by atoms with E-state index in [1.165, 1.54) is 11.1 Å². The second-order valence-electron chi connectivity index (χ2n) is 5.31. The molecule has 0 aliphatic carbocycles. The van der Waals surface area contributed by atoms with Gasteiger partial charge in [0, 0.05) is 33.3 Å². The van der Waals surface area contributed by atoms with E-state index >= 15 is 0 Å². The Balaban J connectivity index is 1.70. The second kappa shape index (κ2) is 8.37. The van der Waals surface area contributed by atoms with Crippen molar-refractivity contribution in [1.29, 1.82) is 0 Å². The minimum absolute atomic E-state index is 0.198. The summed E-state index contributed by atoms with van der Waals surface area (Å²) in [7, 11) is 3.86. The van der Waals surface area contributed by atoms with Crippen molar-refractivity contribution in [3.8, 4) is 0 Å². The van der Waals surface area contributed by atoms with Crippen LogP contribution in [0, 0.1) is 0 Å². The van der Waals surface area contributed by atoms with Gasteiger partial charge < -0.3 is 19.7 Å². The van der Waals surface area contributed by atoms with Crippen LogP contribution in [0.15, 0.2) is 24.3 Å². The molecule has 2 rings (SSSR count). The van der Waals surface area contributed by atoms with Gasteiger partial charge in [-0.25, -0.2) is 0 Å². The standard InChI is InChI=1S/C16H26N2O2/c1-18(10-12-19-2)9-8-17-13-16-15-6-4-3-5-14(15)7-11-20-16/h3-6,16-17H,7-13H2,1-2H3. The van der Waals surface area contributed by atoms with Crippen LogP contribution in [0.2, 0.25) is 0 Å². The predicted molar refractivity (Wildman–Crippen MR) is 81.1 cm³/mol. The molecule has 0 radical (unpaired) electrons. The van der Waals surface area contributed by atoms with E-state index < -0.39 is 0 Å². The van der Waals surface area contributed by atoms with Crippen molar-refractivity contribution < 1.29 is 9.47 Å². The molecule has 1 aromatic carbocycles. The molecule has 1 aromatic rings. The van der Waals surface area contributed by atoms with Crippen LogP contribution in [0.1, 0.15) is 17.2 Å². The van der Waals surface area contributed by atoms with E-state index in [1.807, 2.05) is 0 Å². The molecule has 0 amide bonds. The molecule has 1 atom stereocenters. The van der Waals surface area contributed by atoms with Crippen LogP contribution in [0.25, 0.3) is 0 Å². The van der Waals surface area contributed by atoms with Gasteiger partial charge in [0.2, 0.25) is 0 Å². The number of nitrogens with one attached hydrogen (secondary N) is 1. The summed E-state index contributed by atoms with van der Waals surface area (Å²) in [4.78, 5) is 2.27. The maximum Gasteiger partial charge on any atom is 0.0952 e. The van der Waals surface area contributed by atoms with E-state index in [2.05, 4.69) is 41.5 Å². The normalized spacial score (nSPS) is 18.2. The van der Waals surface area contributed by atoms with Crippen molar-refractivity contribution in [3.05, 3.63) is 35.4 Å². The molecule has 1 heterocycles. The quantitative estimate of drug-likeness (QED) is 0.730. The first-order valence-electron chi connectivity index (χ1n) is 7.39. The first-order valence-corrected chi connectivity index (χ1v) is 7.39. The molecule has 1 aliphatic heterocycles. The van der Waals surface area contributed by atoms with Crippen LogP contribution < -0.4 is 5.32 Å². The summed E-state index contributed by atoms with van der Waals surface area (Å²) < 4.78 is 11.0. The predicted octanol–water partition coefficient (Wildman–Crippen LogP) is 1.47. The highest BCUT2D eigenvalue weighted by Crippen LogP contribution is 2.25. The van der Waals surface area contributed by atoms with Gasteiger partial charge in [-0.05, 0) is 24.6 Å². The van der Waals surface area contributed by atoms with Gasteiger partial charge in [0.05, 0.1) is 19.3 Å². The highest BCUT2D eigenvalue weighted by atomic mass is 16.5. The molecular weight excluding hydrogens is 252 g/mol. The minimum Gasteiger partial charge on any atom is -0.383 e. The van der Waals surface area contributed by atoms with Crippen molar-refractivity contribution >= 4 is 0 Å². The largest absolute Gasteiger partial charge is 0.383 e. The van der Waals surface area contributed by atoms with Gasteiger partial charge in [-0.15, -0.1) is 0 Å². The summed E-state index contributed by atoms with van der Waals surface area (Å²) in [5, 5.41) is 3.50. The lowest BCUT2D eigenvalue weighted by atomic mass is 9.97. The monoisotopic (exact) mass is 278 g/mol. The third-order valence-electron chi connectivity index (χ3n) is 3.77. The number of benzene rings is 1. The zero-order valence-electron chi connectivity index (χ0n) is 12.6. The van der Waals surface area contributed by atoms with Crippen LogP contribution in [0.3, 0.4) is 0 Å². The Morgan fingerprint density at radius 2 is 2.20 bits per heavy atom. The average molecular weight is 278 g/mol. The SMILES string of the molecule is COCCN(C)CCNCC1OCCc2ccccc21. The molecule has 1 N–H and O–H groups in total. The maximum atomic E-state index is 5.88. The Bertz CT molecular complexity index is 398. The Morgan fingerprint density at radius 3 is 3.05 bits per heavy atom. The lowest BCUT2D eigenvalue weighted by molar-refractivity contribution is 0.0422. The third kappa shape index (κ3) is 4.56. The lowest BCUT2D eigenvalue weighted by Gasteiger charge is -2.26. The fraction of sp³-hybridized carbons (Fsp3) is 0.625. The fourth-order valence-corrected chi connectivity index (χ4v) is 2.51. The van der Waals surface area contributed by atoms with Crippen molar-refractivity contribution in [1.82, 2.24) is 10.2 Å². The van der Waals surface area contributed by atoms with Gasteiger partial charge in [-0.1, -0.05) is 24.3 Å². The molecule has 4 nitrogen and oxygen atoms in total. The number of fused-ring (bicyclic) bond motifs is 1. The fourth-order valence-electron chi connectivity index (χ4n) is 2.51. The van der Waals surface area contributed by atoms with Crippen LogP contribution >= 0.6 is 0 Å².